The molecule has 0 bridgehead atoms. The Kier molecular flexibility index (Phi) is 4.50. The predicted octanol–water partition coefficient (Wildman–Crippen LogP) is 2.86. The minimum atomic E-state index is 0.200. The minimum Gasteiger partial charge on any atom is -0.324 e. The van der Waals surface area contributed by atoms with E-state index >= 15 is 0 Å². The lowest BCUT2D eigenvalue weighted by molar-refractivity contribution is 0.590. The summed E-state index contributed by atoms with van der Waals surface area (Å²) in [6, 6.07) is 8.79. The van der Waals surface area contributed by atoms with Crippen molar-refractivity contribution >= 4 is 11.8 Å². The van der Waals surface area contributed by atoms with Crippen molar-refractivity contribution in [3.05, 3.63) is 41.2 Å². The quantitative estimate of drug-likeness (QED) is 0.880. The lowest BCUT2D eigenvalue weighted by atomic mass is 9.87. The van der Waals surface area contributed by atoms with E-state index in [1.807, 2.05) is 11.6 Å². The smallest absolute Gasteiger partial charge is 0.191 e. The van der Waals surface area contributed by atoms with Gasteiger partial charge in [0, 0.05) is 12.8 Å². The summed E-state index contributed by atoms with van der Waals surface area (Å²) < 4.78 is 1.95. The Balaban J connectivity index is 2.02. The van der Waals surface area contributed by atoms with Gasteiger partial charge in [0.25, 0.3) is 0 Å². The molecule has 0 atom stereocenters. The molecule has 1 heterocycles. The number of aromatic nitrogens is 3. The molecule has 0 aliphatic heterocycles. The van der Waals surface area contributed by atoms with Gasteiger partial charge in [-0.2, -0.15) is 0 Å². The second-order valence-corrected chi connectivity index (χ2v) is 6.84. The maximum Gasteiger partial charge on any atom is 0.191 e. The molecule has 1 aromatic heterocycles. The normalized spacial score (nSPS) is 11.8. The van der Waals surface area contributed by atoms with Gasteiger partial charge in [-0.3, -0.25) is 0 Å². The van der Waals surface area contributed by atoms with Crippen molar-refractivity contribution in [1.29, 1.82) is 0 Å². The standard InChI is InChI=1S/C15H22N4S/c1-15(2,3)12-7-5-11(6-8-12)10-20-14-18-17-13(9-16)19(14)4/h5-8H,9-10,16H2,1-4H3. The van der Waals surface area contributed by atoms with Gasteiger partial charge in [0.2, 0.25) is 0 Å². The second kappa shape index (κ2) is 5.97. The molecule has 0 spiro atoms. The fraction of sp³-hybridized carbons (Fsp3) is 0.467. The van der Waals surface area contributed by atoms with E-state index < -0.39 is 0 Å². The number of hydrogen-bond donors (Lipinski definition) is 1. The Bertz CT molecular complexity index is 567. The lowest BCUT2D eigenvalue weighted by Crippen LogP contribution is -2.10. The molecule has 4 nitrogen and oxygen atoms in total. The van der Waals surface area contributed by atoms with Crippen LogP contribution < -0.4 is 5.73 Å². The highest BCUT2D eigenvalue weighted by Crippen LogP contribution is 2.25. The number of hydrogen-bond acceptors (Lipinski definition) is 4. The number of benzene rings is 1. The van der Waals surface area contributed by atoms with Crippen LogP contribution in [0.25, 0.3) is 0 Å². The van der Waals surface area contributed by atoms with Crippen molar-refractivity contribution < 1.29 is 0 Å². The molecule has 2 aromatic rings. The van der Waals surface area contributed by atoms with Gasteiger partial charge in [0.15, 0.2) is 5.16 Å². The van der Waals surface area contributed by atoms with Crippen molar-refractivity contribution in [2.24, 2.45) is 12.8 Å². The first-order valence-electron chi connectivity index (χ1n) is 6.72. The molecule has 108 valence electrons. The summed E-state index contributed by atoms with van der Waals surface area (Å²) in [6.45, 7) is 7.10. The molecule has 20 heavy (non-hydrogen) atoms. The van der Waals surface area contributed by atoms with Crippen molar-refractivity contribution in [2.45, 2.75) is 43.6 Å². The zero-order chi connectivity index (χ0) is 14.8. The van der Waals surface area contributed by atoms with Gasteiger partial charge < -0.3 is 10.3 Å². The SMILES string of the molecule is Cn1c(CN)nnc1SCc1ccc(C(C)(C)C)cc1. The van der Waals surface area contributed by atoms with E-state index in [-0.39, 0.29) is 5.41 Å². The molecule has 2 N–H and O–H groups in total. The highest BCUT2D eigenvalue weighted by Gasteiger charge is 2.13. The van der Waals surface area contributed by atoms with Crippen LogP contribution in [-0.2, 0) is 24.8 Å². The summed E-state index contributed by atoms with van der Waals surface area (Å²) in [5.41, 5.74) is 8.44. The summed E-state index contributed by atoms with van der Waals surface area (Å²) in [7, 11) is 1.95. The second-order valence-electron chi connectivity index (χ2n) is 5.90. The van der Waals surface area contributed by atoms with E-state index in [2.05, 4.69) is 55.2 Å². The van der Waals surface area contributed by atoms with Gasteiger partial charge in [-0.1, -0.05) is 56.8 Å². The molecule has 5 heteroatoms. The molecule has 0 aliphatic rings. The maximum atomic E-state index is 5.60. The summed E-state index contributed by atoms with van der Waals surface area (Å²) in [5, 5.41) is 9.12. The number of nitrogens with zero attached hydrogens (tertiary/aromatic N) is 3. The molecule has 0 saturated carbocycles. The Morgan fingerprint density at radius 1 is 1.15 bits per heavy atom. The molecular weight excluding hydrogens is 268 g/mol. The van der Waals surface area contributed by atoms with Gasteiger partial charge in [-0.25, -0.2) is 0 Å². The monoisotopic (exact) mass is 290 g/mol. The first-order chi connectivity index (χ1) is 9.41. The average Bonchev–Trinajstić information content (AvgIpc) is 2.76. The summed E-state index contributed by atoms with van der Waals surface area (Å²) >= 11 is 1.68. The van der Waals surface area contributed by atoms with Gasteiger partial charge in [0.05, 0.1) is 6.54 Å². The topological polar surface area (TPSA) is 56.7 Å². The molecule has 0 fully saturated rings. The summed E-state index contributed by atoms with van der Waals surface area (Å²) in [4.78, 5) is 0. The number of thioether (sulfide) groups is 1. The van der Waals surface area contributed by atoms with Crippen molar-refractivity contribution in [3.8, 4) is 0 Å². The van der Waals surface area contributed by atoms with Crippen LogP contribution in [0.3, 0.4) is 0 Å². The molecule has 0 radical (unpaired) electrons. The lowest BCUT2D eigenvalue weighted by Gasteiger charge is -2.19. The van der Waals surface area contributed by atoms with Gasteiger partial charge in [-0.05, 0) is 16.5 Å². The van der Waals surface area contributed by atoms with E-state index in [0.29, 0.717) is 6.54 Å². The van der Waals surface area contributed by atoms with Crippen LogP contribution in [0.15, 0.2) is 29.4 Å². The van der Waals surface area contributed by atoms with Crippen molar-refractivity contribution in [3.63, 3.8) is 0 Å². The van der Waals surface area contributed by atoms with E-state index in [0.717, 1.165) is 16.7 Å². The maximum absolute atomic E-state index is 5.60. The zero-order valence-corrected chi connectivity index (χ0v) is 13.4. The van der Waals surface area contributed by atoms with Crippen LogP contribution in [0, 0.1) is 0 Å². The number of rotatable bonds is 4. The van der Waals surface area contributed by atoms with Crippen LogP contribution in [0.1, 0.15) is 37.7 Å². The fourth-order valence-electron chi connectivity index (χ4n) is 1.90. The summed E-state index contributed by atoms with van der Waals surface area (Å²) in [5.74, 6) is 1.71. The molecule has 0 unspecified atom stereocenters. The van der Waals surface area contributed by atoms with Crippen LogP contribution >= 0.6 is 11.8 Å². The number of nitrogens with two attached hydrogens (primary N) is 1. The van der Waals surface area contributed by atoms with Crippen LogP contribution in [0.4, 0.5) is 0 Å². The van der Waals surface area contributed by atoms with Gasteiger partial charge in [0.1, 0.15) is 5.82 Å². The van der Waals surface area contributed by atoms with Gasteiger partial charge in [-0.15, -0.1) is 10.2 Å². The molecule has 0 saturated heterocycles. The molecular formula is C15H22N4S. The Morgan fingerprint density at radius 2 is 1.80 bits per heavy atom. The van der Waals surface area contributed by atoms with Crippen molar-refractivity contribution in [1.82, 2.24) is 14.8 Å². The minimum absolute atomic E-state index is 0.200. The van der Waals surface area contributed by atoms with E-state index in [4.69, 9.17) is 5.73 Å². The molecule has 0 amide bonds. The molecule has 2 rings (SSSR count). The van der Waals surface area contributed by atoms with Crippen LogP contribution in [-0.4, -0.2) is 14.8 Å². The highest BCUT2D eigenvalue weighted by molar-refractivity contribution is 7.98. The van der Waals surface area contributed by atoms with E-state index in [9.17, 15) is 0 Å². The third kappa shape index (κ3) is 3.41. The highest BCUT2D eigenvalue weighted by atomic mass is 32.2. The fourth-order valence-corrected chi connectivity index (χ4v) is 2.78. The van der Waals surface area contributed by atoms with Crippen LogP contribution in [0.5, 0.6) is 0 Å². The first kappa shape index (κ1) is 15.1. The first-order valence-corrected chi connectivity index (χ1v) is 7.71. The largest absolute Gasteiger partial charge is 0.324 e. The van der Waals surface area contributed by atoms with Crippen molar-refractivity contribution in [2.75, 3.05) is 0 Å². The predicted molar refractivity (Wildman–Crippen MR) is 83.6 cm³/mol. The van der Waals surface area contributed by atoms with Gasteiger partial charge >= 0.3 is 0 Å². The van der Waals surface area contributed by atoms with Crippen LogP contribution in [0.2, 0.25) is 0 Å². The molecule has 1 aromatic carbocycles. The Hall–Kier alpha value is -1.33. The zero-order valence-electron chi connectivity index (χ0n) is 12.6. The third-order valence-corrected chi connectivity index (χ3v) is 4.39. The molecule has 0 aliphatic carbocycles. The average molecular weight is 290 g/mol. The van der Waals surface area contributed by atoms with E-state index in [1.165, 1.54) is 11.1 Å². The summed E-state index contributed by atoms with van der Waals surface area (Å²) in [6.07, 6.45) is 0. The Labute approximate surface area is 124 Å². The Morgan fingerprint density at radius 3 is 2.30 bits per heavy atom. The van der Waals surface area contributed by atoms with E-state index in [1.54, 1.807) is 11.8 Å². The third-order valence-electron chi connectivity index (χ3n) is 3.30.